The van der Waals surface area contributed by atoms with Gasteiger partial charge in [-0.25, -0.2) is 0 Å². The van der Waals surface area contributed by atoms with Crippen LogP contribution in [0.1, 0.15) is 16.7 Å². The molecule has 0 N–H and O–H groups in total. The predicted octanol–water partition coefficient (Wildman–Crippen LogP) is 2.74. The molecule has 1 aromatic carbocycles. The van der Waals surface area contributed by atoms with Gasteiger partial charge in [-0.05, 0) is 30.2 Å². The maximum absolute atomic E-state index is 11.9. The van der Waals surface area contributed by atoms with Crippen LogP contribution in [-0.4, -0.2) is 10.8 Å². The number of aryl methyl sites for hydroxylation is 1. The maximum atomic E-state index is 11.9. The second-order valence-corrected chi connectivity index (χ2v) is 4.24. The zero-order valence-corrected chi connectivity index (χ0v) is 9.89. The zero-order chi connectivity index (χ0) is 12.1. The fourth-order valence-corrected chi connectivity index (χ4v) is 1.84. The van der Waals surface area contributed by atoms with Crippen molar-refractivity contribution in [1.82, 2.24) is 4.98 Å². The summed E-state index contributed by atoms with van der Waals surface area (Å²) in [5, 5.41) is 0. The van der Waals surface area contributed by atoms with Gasteiger partial charge in [-0.1, -0.05) is 29.8 Å². The number of nitrogens with zero attached hydrogens (tertiary/aromatic N) is 1. The molecule has 0 unspecified atom stereocenters. The zero-order valence-electron chi connectivity index (χ0n) is 9.89. The molecule has 0 aliphatic heterocycles. The van der Waals surface area contributed by atoms with Crippen LogP contribution in [0.25, 0.3) is 0 Å². The van der Waals surface area contributed by atoms with Crippen molar-refractivity contribution < 1.29 is 4.79 Å². The number of carbonyl (C=O) groups excluding carboxylic acids is 1. The number of Topliss-reactive ketones (excluding diaryl/α,β-unsaturated/α-hetero) is 1. The second kappa shape index (κ2) is 5.39. The van der Waals surface area contributed by atoms with Crippen molar-refractivity contribution in [3.8, 4) is 0 Å². The summed E-state index contributed by atoms with van der Waals surface area (Å²) in [7, 11) is 0. The Labute approximate surface area is 101 Å². The van der Waals surface area contributed by atoms with Gasteiger partial charge in [-0.15, -0.1) is 0 Å². The molecule has 0 spiro atoms. The van der Waals surface area contributed by atoms with Crippen LogP contribution in [0, 0.1) is 6.92 Å². The summed E-state index contributed by atoms with van der Waals surface area (Å²) in [6.07, 6.45) is 4.42. The molecule has 0 fully saturated rings. The molecule has 0 saturated heterocycles. The Morgan fingerprint density at radius 1 is 1.06 bits per heavy atom. The highest BCUT2D eigenvalue weighted by Gasteiger charge is 2.05. The van der Waals surface area contributed by atoms with E-state index in [1.807, 2.05) is 37.3 Å². The highest BCUT2D eigenvalue weighted by atomic mass is 16.1. The first-order chi connectivity index (χ1) is 8.24. The lowest BCUT2D eigenvalue weighted by atomic mass is 10.0. The number of benzene rings is 1. The van der Waals surface area contributed by atoms with Gasteiger partial charge in [0.1, 0.15) is 5.78 Å². The maximum Gasteiger partial charge on any atom is 0.141 e. The molecular formula is C15H15NO. The Morgan fingerprint density at radius 3 is 2.47 bits per heavy atom. The number of rotatable bonds is 4. The van der Waals surface area contributed by atoms with Crippen LogP contribution >= 0.6 is 0 Å². The molecule has 1 heterocycles. The minimum absolute atomic E-state index is 0.238. The van der Waals surface area contributed by atoms with Crippen LogP contribution in [0.2, 0.25) is 0 Å². The topological polar surface area (TPSA) is 30.0 Å². The summed E-state index contributed by atoms with van der Waals surface area (Å²) in [5.74, 6) is 0.238. The Morgan fingerprint density at radius 2 is 1.76 bits per heavy atom. The number of carbonyl (C=O) groups is 1. The third-order valence-corrected chi connectivity index (χ3v) is 2.63. The van der Waals surface area contributed by atoms with Gasteiger partial charge in [0.2, 0.25) is 0 Å². The van der Waals surface area contributed by atoms with E-state index in [2.05, 4.69) is 11.1 Å². The van der Waals surface area contributed by atoms with Crippen LogP contribution in [0.4, 0.5) is 0 Å². The number of hydrogen-bond donors (Lipinski definition) is 0. The second-order valence-electron chi connectivity index (χ2n) is 4.24. The molecule has 1 aromatic heterocycles. The molecule has 2 nitrogen and oxygen atoms in total. The molecule has 2 aromatic rings. The van der Waals surface area contributed by atoms with Gasteiger partial charge in [0.05, 0.1) is 0 Å². The molecule has 0 amide bonds. The molecule has 0 aliphatic carbocycles. The highest BCUT2D eigenvalue weighted by Crippen LogP contribution is 2.07. The number of hydrogen-bond acceptors (Lipinski definition) is 2. The van der Waals surface area contributed by atoms with E-state index in [1.54, 1.807) is 12.4 Å². The van der Waals surface area contributed by atoms with Gasteiger partial charge in [0.15, 0.2) is 0 Å². The summed E-state index contributed by atoms with van der Waals surface area (Å²) in [5.41, 5.74) is 3.31. The molecule has 0 radical (unpaired) electrons. The van der Waals surface area contributed by atoms with Gasteiger partial charge in [-0.2, -0.15) is 0 Å². The third kappa shape index (κ3) is 3.52. The number of pyridine rings is 1. The van der Waals surface area contributed by atoms with Crippen molar-refractivity contribution in [1.29, 1.82) is 0 Å². The van der Waals surface area contributed by atoms with E-state index < -0.39 is 0 Å². The summed E-state index contributed by atoms with van der Waals surface area (Å²) in [6.45, 7) is 2.04. The standard InChI is InChI=1S/C15H15NO/c1-12-3-2-4-14(9-12)11-15(17)10-13-5-7-16-8-6-13/h2-9H,10-11H2,1H3. The quantitative estimate of drug-likeness (QED) is 0.800. The fourth-order valence-electron chi connectivity index (χ4n) is 1.84. The molecule has 17 heavy (non-hydrogen) atoms. The molecule has 0 saturated carbocycles. The van der Waals surface area contributed by atoms with Crippen LogP contribution in [0.3, 0.4) is 0 Å². The minimum atomic E-state index is 0.238. The molecule has 0 aliphatic rings. The summed E-state index contributed by atoms with van der Waals surface area (Å²) >= 11 is 0. The van der Waals surface area contributed by atoms with Gasteiger partial charge < -0.3 is 0 Å². The monoisotopic (exact) mass is 225 g/mol. The van der Waals surface area contributed by atoms with E-state index in [9.17, 15) is 4.79 Å². The van der Waals surface area contributed by atoms with Gasteiger partial charge in [-0.3, -0.25) is 9.78 Å². The van der Waals surface area contributed by atoms with Crippen LogP contribution in [-0.2, 0) is 17.6 Å². The lowest BCUT2D eigenvalue weighted by Crippen LogP contribution is -2.06. The molecule has 0 bridgehead atoms. The van der Waals surface area contributed by atoms with Crippen molar-refractivity contribution in [3.05, 3.63) is 65.5 Å². The fraction of sp³-hybridized carbons (Fsp3) is 0.200. The van der Waals surface area contributed by atoms with Gasteiger partial charge >= 0.3 is 0 Å². The number of aromatic nitrogens is 1. The van der Waals surface area contributed by atoms with Crippen LogP contribution in [0.5, 0.6) is 0 Å². The van der Waals surface area contributed by atoms with Crippen molar-refractivity contribution in [2.24, 2.45) is 0 Å². The smallest absolute Gasteiger partial charge is 0.141 e. The summed E-state index contributed by atoms with van der Waals surface area (Å²) < 4.78 is 0. The number of ketones is 1. The lowest BCUT2D eigenvalue weighted by Gasteiger charge is -2.02. The van der Waals surface area contributed by atoms with Crippen molar-refractivity contribution >= 4 is 5.78 Å². The van der Waals surface area contributed by atoms with E-state index in [-0.39, 0.29) is 5.78 Å². The molecular weight excluding hydrogens is 210 g/mol. The van der Waals surface area contributed by atoms with Crippen LogP contribution < -0.4 is 0 Å². The van der Waals surface area contributed by atoms with Crippen LogP contribution in [0.15, 0.2) is 48.8 Å². The van der Waals surface area contributed by atoms with E-state index in [0.29, 0.717) is 12.8 Å². The molecule has 86 valence electrons. The van der Waals surface area contributed by atoms with Crippen molar-refractivity contribution in [3.63, 3.8) is 0 Å². The highest BCUT2D eigenvalue weighted by molar-refractivity contribution is 5.83. The SMILES string of the molecule is Cc1cccc(CC(=O)Cc2ccncc2)c1. The van der Waals surface area contributed by atoms with Gasteiger partial charge in [0.25, 0.3) is 0 Å². The minimum Gasteiger partial charge on any atom is -0.299 e. The Balaban J connectivity index is 1.98. The van der Waals surface area contributed by atoms with Gasteiger partial charge in [0, 0.05) is 25.2 Å². The van der Waals surface area contributed by atoms with E-state index in [4.69, 9.17) is 0 Å². The van der Waals surface area contributed by atoms with Crippen molar-refractivity contribution in [2.45, 2.75) is 19.8 Å². The first-order valence-corrected chi connectivity index (χ1v) is 5.70. The summed E-state index contributed by atoms with van der Waals surface area (Å²) in [4.78, 5) is 15.8. The first kappa shape index (κ1) is 11.5. The Kier molecular flexibility index (Phi) is 3.66. The van der Waals surface area contributed by atoms with E-state index >= 15 is 0 Å². The molecule has 0 atom stereocenters. The lowest BCUT2D eigenvalue weighted by molar-refractivity contribution is -0.117. The average molecular weight is 225 g/mol. The molecule has 2 rings (SSSR count). The van der Waals surface area contributed by atoms with Crippen molar-refractivity contribution in [2.75, 3.05) is 0 Å². The van der Waals surface area contributed by atoms with E-state index in [1.165, 1.54) is 5.56 Å². The summed E-state index contributed by atoms with van der Waals surface area (Å²) in [6, 6.07) is 11.9. The average Bonchev–Trinajstić information content (AvgIpc) is 2.30. The Hall–Kier alpha value is -1.96. The predicted molar refractivity (Wildman–Crippen MR) is 67.8 cm³/mol. The normalized spacial score (nSPS) is 10.2. The third-order valence-electron chi connectivity index (χ3n) is 2.63. The van der Waals surface area contributed by atoms with E-state index in [0.717, 1.165) is 11.1 Å². The largest absolute Gasteiger partial charge is 0.299 e. The Bertz CT molecular complexity index is 505. The molecule has 2 heteroatoms. The first-order valence-electron chi connectivity index (χ1n) is 5.70.